The second-order valence-electron chi connectivity index (χ2n) is 8.14. The number of carbonyl (C=O) groups is 2. The summed E-state index contributed by atoms with van der Waals surface area (Å²) in [6.07, 6.45) is -1.63. The molecule has 5 nitrogen and oxygen atoms in total. The van der Waals surface area contributed by atoms with Gasteiger partial charge in [0, 0.05) is 30.6 Å². The second-order valence-corrected chi connectivity index (χ2v) is 8.14. The largest absolute Gasteiger partial charge is 0.481 e. The molecule has 0 unspecified atom stereocenters. The Kier molecular flexibility index (Phi) is 5.66. The molecule has 0 aliphatic heterocycles. The standard InChI is InChI=1S/C23H20F4N2O3/c24-17-10-15-5-6-29(12-13-1-3-16(4-2-13)23(25,26)27)21(15)19(11-17)22(32)28-18-7-14(8-18)9-20(30)31/h1-6,10-11,14,18H,7-9,12H2,(H,28,32)(H,30,31). The van der Waals surface area contributed by atoms with Crippen LogP contribution in [0.2, 0.25) is 0 Å². The molecule has 2 N–H and O–H groups in total. The van der Waals surface area contributed by atoms with Crippen molar-refractivity contribution in [2.45, 2.75) is 38.0 Å². The molecule has 9 heteroatoms. The summed E-state index contributed by atoms with van der Waals surface area (Å²) in [5.41, 5.74) is 0.452. The van der Waals surface area contributed by atoms with E-state index in [4.69, 9.17) is 5.11 Å². The van der Waals surface area contributed by atoms with Crippen LogP contribution in [-0.2, 0) is 17.5 Å². The Morgan fingerprint density at radius 3 is 2.41 bits per heavy atom. The number of halogens is 4. The van der Waals surface area contributed by atoms with Gasteiger partial charge in [-0.1, -0.05) is 12.1 Å². The lowest BCUT2D eigenvalue weighted by Gasteiger charge is -2.35. The summed E-state index contributed by atoms with van der Waals surface area (Å²) in [5, 5.41) is 12.2. The lowest BCUT2D eigenvalue weighted by Crippen LogP contribution is -2.45. The summed E-state index contributed by atoms with van der Waals surface area (Å²) in [7, 11) is 0. The first kappa shape index (κ1) is 21.9. The molecule has 32 heavy (non-hydrogen) atoms. The highest BCUT2D eigenvalue weighted by molar-refractivity contribution is 6.06. The fourth-order valence-corrected chi connectivity index (χ4v) is 4.14. The van der Waals surface area contributed by atoms with Gasteiger partial charge in [0.25, 0.3) is 5.91 Å². The normalized spacial score (nSPS) is 18.4. The maximum absolute atomic E-state index is 14.1. The van der Waals surface area contributed by atoms with Gasteiger partial charge in [0.05, 0.1) is 16.6 Å². The van der Waals surface area contributed by atoms with Crippen LogP contribution < -0.4 is 5.32 Å². The Balaban J connectivity index is 1.55. The number of alkyl halides is 3. The first-order valence-electron chi connectivity index (χ1n) is 10.1. The monoisotopic (exact) mass is 448 g/mol. The quantitative estimate of drug-likeness (QED) is 0.531. The van der Waals surface area contributed by atoms with Crippen LogP contribution in [0, 0.1) is 11.7 Å². The van der Waals surface area contributed by atoms with E-state index in [0.29, 0.717) is 29.3 Å². The number of hydrogen-bond donors (Lipinski definition) is 2. The van der Waals surface area contributed by atoms with Crippen LogP contribution in [-0.4, -0.2) is 27.6 Å². The molecule has 1 aliphatic carbocycles. The van der Waals surface area contributed by atoms with Crippen LogP contribution in [0.4, 0.5) is 17.6 Å². The molecule has 0 bridgehead atoms. The number of hydrogen-bond acceptors (Lipinski definition) is 2. The Hall–Kier alpha value is -3.36. The summed E-state index contributed by atoms with van der Waals surface area (Å²) in [6.45, 7) is 0.206. The van der Waals surface area contributed by atoms with Crippen LogP contribution in [0.1, 0.15) is 40.7 Å². The SMILES string of the molecule is O=C(O)CC1CC(NC(=O)c2cc(F)cc3ccn(Cc4ccc(C(F)(F)F)cc4)c23)C1. The molecule has 1 amide bonds. The number of nitrogens with zero attached hydrogens (tertiary/aromatic N) is 1. The summed E-state index contributed by atoms with van der Waals surface area (Å²) >= 11 is 0. The summed E-state index contributed by atoms with van der Waals surface area (Å²) in [5.74, 6) is -1.92. The van der Waals surface area contributed by atoms with Crippen LogP contribution in [0.15, 0.2) is 48.7 Å². The van der Waals surface area contributed by atoms with E-state index >= 15 is 0 Å². The minimum atomic E-state index is -4.42. The molecule has 1 heterocycles. The topological polar surface area (TPSA) is 71.3 Å². The zero-order chi connectivity index (χ0) is 23.0. The van der Waals surface area contributed by atoms with E-state index in [-0.39, 0.29) is 30.5 Å². The number of amides is 1. The molecular formula is C23H20F4N2O3. The molecule has 3 aromatic rings. The van der Waals surface area contributed by atoms with Crippen LogP contribution >= 0.6 is 0 Å². The maximum atomic E-state index is 14.1. The van der Waals surface area contributed by atoms with Crippen molar-refractivity contribution in [3.8, 4) is 0 Å². The number of fused-ring (bicyclic) bond motifs is 1. The van der Waals surface area contributed by atoms with Gasteiger partial charge in [-0.3, -0.25) is 9.59 Å². The van der Waals surface area contributed by atoms with E-state index in [0.717, 1.165) is 18.2 Å². The van der Waals surface area contributed by atoms with Gasteiger partial charge < -0.3 is 15.0 Å². The van der Waals surface area contributed by atoms with Crippen molar-refractivity contribution in [2.75, 3.05) is 0 Å². The number of rotatable bonds is 6. The summed E-state index contributed by atoms with van der Waals surface area (Å²) < 4.78 is 54.2. The van der Waals surface area contributed by atoms with Crippen LogP contribution in [0.3, 0.4) is 0 Å². The van der Waals surface area contributed by atoms with Crippen LogP contribution in [0.5, 0.6) is 0 Å². The molecule has 168 valence electrons. The van der Waals surface area contributed by atoms with Crippen molar-refractivity contribution in [3.05, 3.63) is 71.2 Å². The third-order valence-electron chi connectivity index (χ3n) is 5.74. The highest BCUT2D eigenvalue weighted by Crippen LogP contribution is 2.32. The number of nitrogens with one attached hydrogen (secondary N) is 1. The number of benzene rings is 2. The smallest absolute Gasteiger partial charge is 0.416 e. The van der Waals surface area contributed by atoms with Gasteiger partial charge in [-0.25, -0.2) is 4.39 Å². The molecule has 1 fully saturated rings. The highest BCUT2D eigenvalue weighted by Gasteiger charge is 2.32. The van der Waals surface area contributed by atoms with Crippen molar-refractivity contribution >= 4 is 22.8 Å². The zero-order valence-corrected chi connectivity index (χ0v) is 16.8. The van der Waals surface area contributed by atoms with E-state index in [1.807, 2.05) is 0 Å². The molecule has 1 saturated carbocycles. The van der Waals surface area contributed by atoms with E-state index in [2.05, 4.69) is 5.32 Å². The van der Waals surface area contributed by atoms with Crippen LogP contribution in [0.25, 0.3) is 10.9 Å². The molecule has 2 aromatic carbocycles. The average Bonchev–Trinajstić information content (AvgIpc) is 3.07. The van der Waals surface area contributed by atoms with Gasteiger partial charge in [0.15, 0.2) is 0 Å². The molecular weight excluding hydrogens is 428 g/mol. The third kappa shape index (κ3) is 4.61. The Bertz CT molecular complexity index is 1160. The fraction of sp³-hybridized carbons (Fsp3) is 0.304. The number of carbonyl (C=O) groups excluding carboxylic acids is 1. The lowest BCUT2D eigenvalue weighted by molar-refractivity contribution is -0.139. The van der Waals surface area contributed by atoms with E-state index in [9.17, 15) is 27.2 Å². The van der Waals surface area contributed by atoms with Crippen molar-refractivity contribution in [2.24, 2.45) is 5.92 Å². The fourth-order valence-electron chi connectivity index (χ4n) is 4.14. The van der Waals surface area contributed by atoms with Gasteiger partial charge in [0.2, 0.25) is 0 Å². The van der Waals surface area contributed by atoms with E-state index in [1.54, 1.807) is 16.8 Å². The van der Waals surface area contributed by atoms with Gasteiger partial charge in [0.1, 0.15) is 5.82 Å². The number of aromatic nitrogens is 1. The third-order valence-corrected chi connectivity index (χ3v) is 5.74. The molecule has 0 saturated heterocycles. The zero-order valence-electron chi connectivity index (χ0n) is 16.8. The number of carboxylic acid groups (broad SMARTS) is 1. The number of carboxylic acids is 1. The maximum Gasteiger partial charge on any atom is 0.416 e. The lowest BCUT2D eigenvalue weighted by atomic mass is 9.78. The van der Waals surface area contributed by atoms with Gasteiger partial charge in [-0.2, -0.15) is 13.2 Å². The Labute approximate surface area is 180 Å². The molecule has 4 rings (SSSR count). The second kappa shape index (κ2) is 8.29. The van der Waals surface area contributed by atoms with Crippen molar-refractivity contribution in [1.29, 1.82) is 0 Å². The van der Waals surface area contributed by atoms with Gasteiger partial charge in [-0.15, -0.1) is 0 Å². The van der Waals surface area contributed by atoms with E-state index < -0.39 is 29.4 Å². The highest BCUT2D eigenvalue weighted by atomic mass is 19.4. The Morgan fingerprint density at radius 1 is 1.09 bits per heavy atom. The minimum absolute atomic E-state index is 0.00820. The number of aliphatic carboxylic acids is 1. The first-order valence-corrected chi connectivity index (χ1v) is 10.1. The predicted molar refractivity (Wildman–Crippen MR) is 109 cm³/mol. The van der Waals surface area contributed by atoms with Crippen molar-refractivity contribution in [3.63, 3.8) is 0 Å². The molecule has 1 aromatic heterocycles. The van der Waals surface area contributed by atoms with Gasteiger partial charge >= 0.3 is 12.1 Å². The van der Waals surface area contributed by atoms with E-state index in [1.165, 1.54) is 18.2 Å². The van der Waals surface area contributed by atoms with Gasteiger partial charge in [-0.05, 0) is 54.7 Å². The summed E-state index contributed by atoms with van der Waals surface area (Å²) in [6, 6.07) is 8.63. The molecule has 0 atom stereocenters. The molecule has 0 radical (unpaired) electrons. The minimum Gasteiger partial charge on any atom is -0.481 e. The Morgan fingerprint density at radius 2 is 1.78 bits per heavy atom. The summed E-state index contributed by atoms with van der Waals surface area (Å²) in [4.78, 5) is 23.6. The van der Waals surface area contributed by atoms with Crippen molar-refractivity contribution < 1.29 is 32.3 Å². The van der Waals surface area contributed by atoms with Crippen molar-refractivity contribution in [1.82, 2.24) is 9.88 Å². The average molecular weight is 448 g/mol. The molecule has 1 aliphatic rings. The first-order chi connectivity index (χ1) is 15.1. The molecule has 0 spiro atoms. The predicted octanol–water partition coefficient (Wildman–Crippen LogP) is 4.83.